The summed E-state index contributed by atoms with van der Waals surface area (Å²) in [4.78, 5) is 0. The molecule has 0 aliphatic carbocycles. The van der Waals surface area contributed by atoms with Crippen LogP contribution in [0, 0.1) is 0 Å². The van der Waals surface area contributed by atoms with Crippen LogP contribution in [0.15, 0.2) is 30.7 Å². The molecule has 0 amide bonds. The fourth-order valence-electron chi connectivity index (χ4n) is 0.863. The molecule has 2 aromatic rings. The van der Waals surface area contributed by atoms with Crippen LogP contribution in [-0.2, 0) is 0 Å². The predicted octanol–water partition coefficient (Wildman–Crippen LogP) is 1.45. The van der Waals surface area contributed by atoms with Crippen LogP contribution in [0.1, 0.15) is 0 Å². The van der Waals surface area contributed by atoms with Crippen LogP contribution in [0.4, 0.5) is 3.89 Å². The van der Waals surface area contributed by atoms with Gasteiger partial charge < -0.3 is 0 Å². The lowest BCUT2D eigenvalue weighted by Crippen LogP contribution is -1.95. The Labute approximate surface area is 72.4 Å². The Kier molecular flexibility index (Phi) is 1.83. The third-order valence-corrected chi connectivity index (χ3v) is 1.71. The van der Waals surface area contributed by atoms with Crippen LogP contribution in [0.2, 0.25) is 0 Å². The second-order valence-electron chi connectivity index (χ2n) is 2.10. The van der Waals surface area contributed by atoms with E-state index < -0.39 is 0 Å². The van der Waals surface area contributed by atoms with Crippen molar-refractivity contribution in [3.8, 4) is 5.82 Å². The predicted molar refractivity (Wildman–Crippen MR) is 43.4 cm³/mol. The summed E-state index contributed by atoms with van der Waals surface area (Å²) in [6, 6.07) is 3.46. The lowest BCUT2D eigenvalue weighted by atomic mass is 10.6. The SMILES string of the molecule is FSn1ccc(-n2cccn2)n1. The molecular weight excluding hydrogens is 179 g/mol. The zero-order valence-corrected chi connectivity index (χ0v) is 6.78. The van der Waals surface area contributed by atoms with Crippen LogP contribution < -0.4 is 0 Å². The van der Waals surface area contributed by atoms with E-state index in [9.17, 15) is 3.89 Å². The monoisotopic (exact) mass is 184 g/mol. The Balaban J connectivity index is 2.35. The van der Waals surface area contributed by atoms with E-state index >= 15 is 0 Å². The highest BCUT2D eigenvalue weighted by Gasteiger charge is 2.00. The Hall–Kier alpha value is -1.30. The standard InChI is InChI=1S/C6H5FN4S/c7-12-11-5-2-6(9-11)10-4-1-3-8-10/h1-5H. The molecule has 2 rings (SSSR count). The third-order valence-electron chi connectivity index (χ3n) is 1.36. The van der Waals surface area contributed by atoms with Crippen molar-refractivity contribution in [2.75, 3.05) is 0 Å². The van der Waals surface area contributed by atoms with Gasteiger partial charge in [-0.15, -0.1) is 8.98 Å². The summed E-state index contributed by atoms with van der Waals surface area (Å²) in [5.74, 6) is 0.602. The van der Waals surface area contributed by atoms with Gasteiger partial charge in [-0.1, -0.05) is 0 Å². The van der Waals surface area contributed by atoms with E-state index in [2.05, 4.69) is 10.2 Å². The molecule has 0 atom stereocenters. The quantitative estimate of drug-likeness (QED) is 0.708. The average Bonchev–Trinajstić information content (AvgIpc) is 2.75. The highest BCUT2D eigenvalue weighted by atomic mass is 32.2. The Morgan fingerprint density at radius 1 is 1.42 bits per heavy atom. The number of halogens is 1. The van der Waals surface area contributed by atoms with Crippen molar-refractivity contribution in [2.45, 2.75) is 0 Å². The van der Waals surface area contributed by atoms with Crippen LogP contribution >= 0.6 is 12.3 Å². The summed E-state index contributed by atoms with van der Waals surface area (Å²) in [6.07, 6.45) is 4.92. The minimum absolute atomic E-state index is 0.0513. The molecule has 0 bridgehead atoms. The van der Waals surface area contributed by atoms with Gasteiger partial charge in [0.15, 0.2) is 18.2 Å². The van der Waals surface area contributed by atoms with Gasteiger partial charge in [-0.2, -0.15) is 9.19 Å². The van der Waals surface area contributed by atoms with Crippen LogP contribution in [0.5, 0.6) is 0 Å². The van der Waals surface area contributed by atoms with Crippen LogP contribution in [0.3, 0.4) is 0 Å². The van der Waals surface area contributed by atoms with E-state index in [0.717, 1.165) is 4.09 Å². The zero-order chi connectivity index (χ0) is 8.39. The summed E-state index contributed by atoms with van der Waals surface area (Å²) < 4.78 is 14.7. The Morgan fingerprint density at radius 3 is 2.92 bits per heavy atom. The molecule has 0 unspecified atom stereocenters. The minimum Gasteiger partial charge on any atom is -0.221 e. The summed E-state index contributed by atoms with van der Waals surface area (Å²) in [7, 11) is 0. The van der Waals surface area contributed by atoms with Gasteiger partial charge in [0.25, 0.3) is 0 Å². The first kappa shape index (κ1) is 7.35. The molecule has 2 aromatic heterocycles. The Bertz CT molecular complexity index is 355. The van der Waals surface area contributed by atoms with Crippen molar-refractivity contribution in [1.29, 1.82) is 0 Å². The second kappa shape index (κ2) is 2.98. The molecule has 0 aromatic carbocycles. The largest absolute Gasteiger partial charge is 0.221 e. The summed E-state index contributed by atoms with van der Waals surface area (Å²) in [6.45, 7) is 0. The lowest BCUT2D eigenvalue weighted by Gasteiger charge is -1.92. The van der Waals surface area contributed by atoms with Gasteiger partial charge in [0.05, 0.1) is 0 Å². The Morgan fingerprint density at radius 2 is 2.33 bits per heavy atom. The molecule has 0 aliphatic heterocycles. The molecular formula is C6H5FN4S. The topological polar surface area (TPSA) is 35.6 Å². The molecule has 12 heavy (non-hydrogen) atoms. The number of rotatable bonds is 2. The van der Waals surface area contributed by atoms with Gasteiger partial charge in [0.2, 0.25) is 0 Å². The maximum atomic E-state index is 12.0. The van der Waals surface area contributed by atoms with Crippen LogP contribution in [-0.4, -0.2) is 19.0 Å². The molecule has 0 N–H and O–H groups in total. The van der Waals surface area contributed by atoms with Crippen molar-refractivity contribution in [3.05, 3.63) is 30.7 Å². The number of hydrogen-bond acceptors (Lipinski definition) is 3. The van der Waals surface area contributed by atoms with Crippen molar-refractivity contribution < 1.29 is 3.89 Å². The maximum absolute atomic E-state index is 12.0. The minimum atomic E-state index is 0.0513. The van der Waals surface area contributed by atoms with Gasteiger partial charge in [-0.05, 0) is 6.07 Å². The van der Waals surface area contributed by atoms with Crippen LogP contribution in [0.25, 0.3) is 5.82 Å². The molecule has 0 spiro atoms. The first-order valence-electron chi connectivity index (χ1n) is 3.25. The van der Waals surface area contributed by atoms with E-state index in [1.165, 1.54) is 6.20 Å². The van der Waals surface area contributed by atoms with Gasteiger partial charge in [0, 0.05) is 24.7 Å². The zero-order valence-electron chi connectivity index (χ0n) is 5.96. The molecule has 2 heterocycles. The van der Waals surface area contributed by atoms with Crippen molar-refractivity contribution >= 4 is 12.3 Å². The maximum Gasteiger partial charge on any atom is 0.187 e. The first-order chi connectivity index (χ1) is 5.90. The molecule has 0 saturated heterocycles. The van der Waals surface area contributed by atoms with Gasteiger partial charge in [-0.25, -0.2) is 4.68 Å². The number of aromatic nitrogens is 4. The van der Waals surface area contributed by atoms with E-state index in [4.69, 9.17) is 0 Å². The lowest BCUT2D eigenvalue weighted by molar-refractivity contribution is 0.812. The number of nitrogens with zero attached hydrogens (tertiary/aromatic N) is 4. The fourth-order valence-corrected chi connectivity index (χ4v) is 1.08. The molecule has 6 heteroatoms. The summed E-state index contributed by atoms with van der Waals surface area (Å²) in [5.41, 5.74) is 0. The van der Waals surface area contributed by atoms with E-state index in [-0.39, 0.29) is 12.3 Å². The van der Waals surface area contributed by atoms with E-state index in [0.29, 0.717) is 5.82 Å². The van der Waals surface area contributed by atoms with Crippen molar-refractivity contribution in [1.82, 2.24) is 19.0 Å². The molecule has 0 aliphatic rings. The normalized spacial score (nSPS) is 10.4. The highest BCUT2D eigenvalue weighted by Crippen LogP contribution is 2.08. The number of hydrogen-bond donors (Lipinski definition) is 0. The second-order valence-corrected chi connectivity index (χ2v) is 2.61. The molecule has 0 saturated carbocycles. The molecule has 62 valence electrons. The van der Waals surface area contributed by atoms with E-state index in [1.807, 2.05) is 0 Å². The molecule has 0 radical (unpaired) electrons. The summed E-state index contributed by atoms with van der Waals surface area (Å²) in [5, 5.41) is 7.82. The van der Waals surface area contributed by atoms with Gasteiger partial charge in [-0.3, -0.25) is 0 Å². The average molecular weight is 184 g/mol. The third kappa shape index (κ3) is 1.20. The van der Waals surface area contributed by atoms with Gasteiger partial charge in [0.1, 0.15) is 0 Å². The van der Waals surface area contributed by atoms with E-state index in [1.54, 1.807) is 29.2 Å². The summed E-state index contributed by atoms with van der Waals surface area (Å²) >= 11 is 0.0513. The van der Waals surface area contributed by atoms with Crippen molar-refractivity contribution in [2.24, 2.45) is 0 Å². The first-order valence-corrected chi connectivity index (χ1v) is 3.92. The van der Waals surface area contributed by atoms with Gasteiger partial charge >= 0.3 is 0 Å². The van der Waals surface area contributed by atoms with Crippen molar-refractivity contribution in [3.63, 3.8) is 0 Å². The fraction of sp³-hybridized carbons (Fsp3) is 0. The smallest absolute Gasteiger partial charge is 0.187 e. The molecule has 0 fully saturated rings. The highest BCUT2D eigenvalue weighted by molar-refractivity contribution is 7.92. The molecule has 4 nitrogen and oxygen atoms in total.